The summed E-state index contributed by atoms with van der Waals surface area (Å²) in [6.07, 6.45) is 0. The topological polar surface area (TPSA) is 29.1 Å². The Morgan fingerprint density at radius 1 is 1.18 bits per heavy atom. The highest BCUT2D eigenvalue weighted by Crippen LogP contribution is 2.41. The molecule has 1 amide bonds. The number of benzene rings is 2. The van der Waals surface area contributed by atoms with Gasteiger partial charge in [-0.05, 0) is 41.5 Å². The first kappa shape index (κ1) is 9.19. The molecular formula is C14H9NOS. The highest BCUT2D eigenvalue weighted by Gasteiger charge is 2.23. The van der Waals surface area contributed by atoms with Gasteiger partial charge in [-0.2, -0.15) is 0 Å². The average Bonchev–Trinajstić information content (AvgIpc) is 2.87. The van der Waals surface area contributed by atoms with Crippen LogP contribution in [-0.4, -0.2) is 5.91 Å². The zero-order valence-corrected chi connectivity index (χ0v) is 10.0. The quantitative estimate of drug-likeness (QED) is 0.632. The number of hydrogen-bond donors (Lipinski definition) is 1. The van der Waals surface area contributed by atoms with Gasteiger partial charge in [0.25, 0.3) is 5.91 Å². The van der Waals surface area contributed by atoms with Crippen LogP contribution in [0.4, 0.5) is 5.69 Å². The Hall–Kier alpha value is -1.87. The van der Waals surface area contributed by atoms with E-state index in [1.807, 2.05) is 12.1 Å². The van der Waals surface area contributed by atoms with E-state index in [0.29, 0.717) is 0 Å². The lowest BCUT2D eigenvalue weighted by atomic mass is 9.99. The summed E-state index contributed by atoms with van der Waals surface area (Å²) in [4.78, 5) is 11.9. The van der Waals surface area contributed by atoms with Gasteiger partial charge in [0.15, 0.2) is 0 Å². The molecule has 17 heavy (non-hydrogen) atoms. The number of rotatable bonds is 0. The van der Waals surface area contributed by atoms with E-state index in [1.165, 1.54) is 21.0 Å². The van der Waals surface area contributed by atoms with Gasteiger partial charge in [-0.15, -0.1) is 11.3 Å². The number of fused-ring (bicyclic) bond motifs is 2. The molecule has 0 saturated carbocycles. The molecule has 0 saturated heterocycles. The number of nitrogens with one attached hydrogen (secondary N) is 1. The fraction of sp³-hybridized carbons (Fsp3) is 0.0714. The minimum Gasteiger partial charge on any atom is -0.321 e. The first-order chi connectivity index (χ1) is 8.25. The molecule has 2 nitrogen and oxygen atoms in total. The number of carbonyl (C=O) groups excluding carboxylic acids is 1. The predicted octanol–water partition coefficient (Wildman–Crippen LogP) is 3.93. The van der Waals surface area contributed by atoms with Crippen LogP contribution in [0.1, 0.15) is 15.9 Å². The second-order valence-corrected chi connectivity index (χ2v) is 5.31. The van der Waals surface area contributed by atoms with Crippen LogP contribution < -0.4 is 5.32 Å². The van der Waals surface area contributed by atoms with Crippen LogP contribution >= 0.6 is 11.3 Å². The minimum atomic E-state index is 0.0163. The molecule has 1 aliphatic rings. The lowest BCUT2D eigenvalue weighted by Gasteiger charge is -2.05. The Balaban J connectivity index is 2.40. The SMILES string of the molecule is Cc1ccc2c3c(cc4ccsc4c13)NC2=O. The third-order valence-corrected chi connectivity index (χ3v) is 4.35. The number of hydrogen-bond acceptors (Lipinski definition) is 2. The normalized spacial score (nSPS) is 13.6. The molecule has 1 aromatic heterocycles. The van der Waals surface area contributed by atoms with E-state index >= 15 is 0 Å². The largest absolute Gasteiger partial charge is 0.321 e. The van der Waals surface area contributed by atoms with Crippen molar-refractivity contribution >= 4 is 43.8 Å². The molecule has 0 atom stereocenters. The molecule has 1 aliphatic heterocycles. The molecule has 0 spiro atoms. The van der Waals surface area contributed by atoms with Gasteiger partial charge in [0.1, 0.15) is 0 Å². The zero-order valence-electron chi connectivity index (χ0n) is 9.20. The standard InChI is InChI=1S/C14H9NOS/c1-7-2-3-9-12-10(15-14(9)16)6-8-4-5-17-13(8)11(7)12/h2-6H,1H3,(H,15,16). The predicted molar refractivity (Wildman–Crippen MR) is 72.0 cm³/mol. The van der Waals surface area contributed by atoms with Crippen LogP contribution in [0.5, 0.6) is 0 Å². The van der Waals surface area contributed by atoms with Crippen molar-refractivity contribution in [2.24, 2.45) is 0 Å². The van der Waals surface area contributed by atoms with E-state index in [4.69, 9.17) is 0 Å². The summed E-state index contributed by atoms with van der Waals surface area (Å²) >= 11 is 1.74. The summed E-state index contributed by atoms with van der Waals surface area (Å²) in [5.74, 6) is 0.0163. The molecule has 0 bridgehead atoms. The van der Waals surface area contributed by atoms with Crippen molar-refractivity contribution in [2.45, 2.75) is 6.92 Å². The van der Waals surface area contributed by atoms with E-state index in [0.717, 1.165) is 16.6 Å². The molecule has 2 heterocycles. The van der Waals surface area contributed by atoms with E-state index in [1.54, 1.807) is 11.3 Å². The summed E-state index contributed by atoms with van der Waals surface area (Å²) in [6.45, 7) is 2.10. The summed E-state index contributed by atoms with van der Waals surface area (Å²) in [5, 5.41) is 8.57. The number of thiophene rings is 1. The molecule has 0 radical (unpaired) electrons. The van der Waals surface area contributed by atoms with Crippen molar-refractivity contribution in [3.8, 4) is 0 Å². The Bertz CT molecular complexity index is 801. The molecule has 0 fully saturated rings. The molecule has 3 aromatic rings. The maximum atomic E-state index is 11.9. The van der Waals surface area contributed by atoms with Crippen molar-refractivity contribution in [3.05, 3.63) is 40.8 Å². The lowest BCUT2D eigenvalue weighted by Crippen LogP contribution is -2.03. The number of aryl methyl sites for hydroxylation is 1. The summed E-state index contributed by atoms with van der Waals surface area (Å²) in [7, 11) is 0. The van der Waals surface area contributed by atoms with Gasteiger partial charge in [-0.25, -0.2) is 0 Å². The average molecular weight is 239 g/mol. The van der Waals surface area contributed by atoms with Crippen LogP contribution in [0, 0.1) is 6.92 Å². The molecule has 1 N–H and O–H groups in total. The van der Waals surface area contributed by atoms with Gasteiger partial charge in [0, 0.05) is 21.0 Å². The van der Waals surface area contributed by atoms with Crippen LogP contribution in [0.15, 0.2) is 29.6 Å². The third-order valence-electron chi connectivity index (χ3n) is 3.40. The highest BCUT2D eigenvalue weighted by molar-refractivity contribution is 7.18. The van der Waals surface area contributed by atoms with Crippen molar-refractivity contribution in [3.63, 3.8) is 0 Å². The van der Waals surface area contributed by atoms with Gasteiger partial charge in [0.05, 0.1) is 5.69 Å². The van der Waals surface area contributed by atoms with Crippen molar-refractivity contribution in [1.29, 1.82) is 0 Å². The lowest BCUT2D eigenvalue weighted by molar-refractivity contribution is 0.103. The minimum absolute atomic E-state index is 0.0163. The Kier molecular flexibility index (Phi) is 1.55. The number of carbonyl (C=O) groups is 1. The van der Waals surface area contributed by atoms with E-state index < -0.39 is 0 Å². The van der Waals surface area contributed by atoms with E-state index in [9.17, 15) is 4.79 Å². The van der Waals surface area contributed by atoms with Gasteiger partial charge in [-0.3, -0.25) is 4.79 Å². The van der Waals surface area contributed by atoms with Gasteiger partial charge >= 0.3 is 0 Å². The van der Waals surface area contributed by atoms with Crippen molar-refractivity contribution in [1.82, 2.24) is 0 Å². The summed E-state index contributed by atoms with van der Waals surface area (Å²) in [6, 6.07) is 8.13. The first-order valence-electron chi connectivity index (χ1n) is 5.50. The molecule has 3 heteroatoms. The Morgan fingerprint density at radius 2 is 2.06 bits per heavy atom. The Morgan fingerprint density at radius 3 is 2.94 bits per heavy atom. The molecule has 0 unspecified atom stereocenters. The second-order valence-electron chi connectivity index (χ2n) is 4.40. The van der Waals surface area contributed by atoms with Crippen LogP contribution in [-0.2, 0) is 0 Å². The van der Waals surface area contributed by atoms with Gasteiger partial charge in [-0.1, -0.05) is 6.07 Å². The zero-order chi connectivity index (χ0) is 11.6. The summed E-state index contributed by atoms with van der Waals surface area (Å²) in [5.41, 5.74) is 2.99. The molecule has 2 aromatic carbocycles. The molecule has 82 valence electrons. The Labute approximate surface area is 102 Å². The monoisotopic (exact) mass is 239 g/mol. The molecule has 4 rings (SSSR count). The third kappa shape index (κ3) is 1.02. The van der Waals surface area contributed by atoms with Crippen LogP contribution in [0.3, 0.4) is 0 Å². The van der Waals surface area contributed by atoms with Gasteiger partial charge < -0.3 is 5.32 Å². The summed E-state index contributed by atoms with van der Waals surface area (Å²) < 4.78 is 1.28. The number of amides is 1. The van der Waals surface area contributed by atoms with Crippen LogP contribution in [0.2, 0.25) is 0 Å². The molecular weight excluding hydrogens is 230 g/mol. The molecule has 0 aliphatic carbocycles. The van der Waals surface area contributed by atoms with Crippen molar-refractivity contribution < 1.29 is 4.79 Å². The fourth-order valence-corrected chi connectivity index (χ4v) is 3.62. The van der Waals surface area contributed by atoms with Gasteiger partial charge in [0.2, 0.25) is 0 Å². The smallest absolute Gasteiger partial charge is 0.256 e. The maximum Gasteiger partial charge on any atom is 0.256 e. The van der Waals surface area contributed by atoms with Crippen LogP contribution in [0.25, 0.3) is 20.9 Å². The fourth-order valence-electron chi connectivity index (χ4n) is 2.62. The van der Waals surface area contributed by atoms with E-state index in [-0.39, 0.29) is 5.91 Å². The first-order valence-corrected chi connectivity index (χ1v) is 6.38. The number of anilines is 1. The van der Waals surface area contributed by atoms with Crippen molar-refractivity contribution in [2.75, 3.05) is 5.32 Å². The maximum absolute atomic E-state index is 11.9. The van der Waals surface area contributed by atoms with E-state index in [2.05, 4.69) is 29.8 Å². The second kappa shape index (κ2) is 2.87. The highest BCUT2D eigenvalue weighted by atomic mass is 32.1.